The van der Waals surface area contributed by atoms with Crippen LogP contribution >= 0.6 is 0 Å². The topological polar surface area (TPSA) is 92.9 Å². The quantitative estimate of drug-likeness (QED) is 0.547. The van der Waals surface area contributed by atoms with Gasteiger partial charge in [-0.2, -0.15) is 0 Å². The second kappa shape index (κ2) is 7.19. The van der Waals surface area contributed by atoms with Crippen LogP contribution in [0.5, 0.6) is 0 Å². The van der Waals surface area contributed by atoms with Gasteiger partial charge in [0.2, 0.25) is 0 Å². The summed E-state index contributed by atoms with van der Waals surface area (Å²) in [4.78, 5) is 20.8. The highest BCUT2D eigenvalue weighted by atomic mass is 16.2. The van der Waals surface area contributed by atoms with Gasteiger partial charge in [-0.05, 0) is 12.8 Å². The number of hydrogen-bond acceptors (Lipinski definition) is 5. The third-order valence-corrected chi connectivity index (χ3v) is 3.55. The van der Waals surface area contributed by atoms with Gasteiger partial charge in [0.25, 0.3) is 5.91 Å². The van der Waals surface area contributed by atoms with Crippen molar-refractivity contribution in [3.63, 3.8) is 0 Å². The van der Waals surface area contributed by atoms with E-state index in [1.807, 2.05) is 20.8 Å². The fourth-order valence-electron chi connectivity index (χ4n) is 1.72. The first kappa shape index (κ1) is 16.4. The molecule has 1 aromatic rings. The van der Waals surface area contributed by atoms with Gasteiger partial charge < -0.3 is 10.7 Å². The fourth-order valence-corrected chi connectivity index (χ4v) is 1.72. The summed E-state index contributed by atoms with van der Waals surface area (Å²) < 4.78 is 0. The van der Waals surface area contributed by atoms with E-state index in [0.717, 1.165) is 6.42 Å². The van der Waals surface area contributed by atoms with Crippen molar-refractivity contribution >= 4 is 11.6 Å². The molecule has 4 N–H and O–H groups in total. The molecule has 0 aliphatic heterocycles. The van der Waals surface area contributed by atoms with Crippen LogP contribution in [0.25, 0.3) is 0 Å². The molecule has 112 valence electrons. The van der Waals surface area contributed by atoms with Crippen molar-refractivity contribution in [2.45, 2.75) is 53.0 Å². The van der Waals surface area contributed by atoms with Crippen molar-refractivity contribution in [2.75, 3.05) is 5.43 Å². The van der Waals surface area contributed by atoms with Gasteiger partial charge in [-0.15, -0.1) is 0 Å². The molecule has 0 bridgehead atoms. The number of aromatic nitrogens is 2. The SMILES string of the molecule is CCC(C)C(C)NC(=O)c1nc(C(C)C)ncc1NN. The van der Waals surface area contributed by atoms with Crippen molar-refractivity contribution in [3.8, 4) is 0 Å². The number of hydrogen-bond donors (Lipinski definition) is 3. The number of nitrogens with one attached hydrogen (secondary N) is 2. The summed E-state index contributed by atoms with van der Waals surface area (Å²) in [6.45, 7) is 10.2. The van der Waals surface area contributed by atoms with E-state index in [2.05, 4.69) is 34.6 Å². The van der Waals surface area contributed by atoms with Gasteiger partial charge in [-0.3, -0.25) is 10.6 Å². The average Bonchev–Trinajstić information content (AvgIpc) is 2.45. The summed E-state index contributed by atoms with van der Waals surface area (Å²) in [5, 5.41) is 2.96. The molecule has 6 heteroatoms. The van der Waals surface area contributed by atoms with Crippen LogP contribution < -0.4 is 16.6 Å². The molecule has 6 nitrogen and oxygen atoms in total. The second-order valence-electron chi connectivity index (χ2n) is 5.44. The lowest BCUT2D eigenvalue weighted by molar-refractivity contribution is 0.0923. The number of anilines is 1. The minimum absolute atomic E-state index is 0.0792. The van der Waals surface area contributed by atoms with Crippen molar-refractivity contribution in [3.05, 3.63) is 17.7 Å². The maximum Gasteiger partial charge on any atom is 0.272 e. The van der Waals surface area contributed by atoms with Gasteiger partial charge in [-0.25, -0.2) is 9.97 Å². The molecule has 0 saturated heterocycles. The molecule has 1 aromatic heterocycles. The number of carbonyl (C=O) groups is 1. The Bertz CT molecular complexity index is 461. The van der Waals surface area contributed by atoms with Crippen LogP contribution in [0, 0.1) is 5.92 Å². The van der Waals surface area contributed by atoms with Crippen molar-refractivity contribution in [2.24, 2.45) is 11.8 Å². The summed E-state index contributed by atoms with van der Waals surface area (Å²) >= 11 is 0. The summed E-state index contributed by atoms with van der Waals surface area (Å²) in [5.74, 6) is 6.38. The maximum absolute atomic E-state index is 12.3. The number of nitrogens with zero attached hydrogens (tertiary/aromatic N) is 2. The maximum atomic E-state index is 12.3. The van der Waals surface area contributed by atoms with Crippen LogP contribution in [-0.4, -0.2) is 21.9 Å². The molecule has 0 radical (unpaired) electrons. The Kier molecular flexibility index (Phi) is 5.88. The predicted octanol–water partition coefficient (Wildman–Crippen LogP) is 2.05. The van der Waals surface area contributed by atoms with Crippen LogP contribution in [-0.2, 0) is 0 Å². The van der Waals surface area contributed by atoms with Gasteiger partial charge in [-0.1, -0.05) is 34.1 Å². The van der Waals surface area contributed by atoms with E-state index < -0.39 is 0 Å². The van der Waals surface area contributed by atoms with Crippen LogP contribution in [0.4, 0.5) is 5.69 Å². The first-order chi connectivity index (χ1) is 9.40. The average molecular weight is 279 g/mol. The van der Waals surface area contributed by atoms with Crippen molar-refractivity contribution < 1.29 is 4.79 Å². The van der Waals surface area contributed by atoms with Crippen LogP contribution in [0.2, 0.25) is 0 Å². The fraction of sp³-hybridized carbons (Fsp3) is 0.643. The van der Waals surface area contributed by atoms with E-state index >= 15 is 0 Å². The van der Waals surface area contributed by atoms with Crippen LogP contribution in [0.3, 0.4) is 0 Å². The van der Waals surface area contributed by atoms with E-state index in [-0.39, 0.29) is 17.9 Å². The normalized spacial score (nSPS) is 13.9. The van der Waals surface area contributed by atoms with Gasteiger partial charge in [0.15, 0.2) is 5.69 Å². The van der Waals surface area contributed by atoms with E-state index in [9.17, 15) is 4.79 Å². The lowest BCUT2D eigenvalue weighted by atomic mass is 10.0. The lowest BCUT2D eigenvalue weighted by Crippen LogP contribution is -2.38. The minimum atomic E-state index is -0.227. The highest BCUT2D eigenvalue weighted by molar-refractivity contribution is 5.97. The molecule has 0 saturated carbocycles. The molecule has 1 heterocycles. The van der Waals surface area contributed by atoms with Gasteiger partial charge >= 0.3 is 0 Å². The third kappa shape index (κ3) is 3.90. The molecule has 0 fully saturated rings. The van der Waals surface area contributed by atoms with E-state index in [0.29, 0.717) is 23.1 Å². The summed E-state index contributed by atoms with van der Waals surface area (Å²) in [6.07, 6.45) is 2.55. The molecule has 0 aliphatic rings. The monoisotopic (exact) mass is 279 g/mol. The molecule has 1 amide bonds. The lowest BCUT2D eigenvalue weighted by Gasteiger charge is -2.20. The van der Waals surface area contributed by atoms with Gasteiger partial charge in [0.1, 0.15) is 5.82 Å². The van der Waals surface area contributed by atoms with Crippen molar-refractivity contribution in [1.82, 2.24) is 15.3 Å². The van der Waals surface area contributed by atoms with Crippen LogP contribution in [0.15, 0.2) is 6.20 Å². The Labute approximate surface area is 120 Å². The van der Waals surface area contributed by atoms with E-state index in [1.54, 1.807) is 6.20 Å². The highest BCUT2D eigenvalue weighted by Gasteiger charge is 2.19. The van der Waals surface area contributed by atoms with Crippen LogP contribution in [0.1, 0.15) is 63.3 Å². The zero-order chi connectivity index (χ0) is 15.3. The predicted molar refractivity (Wildman–Crippen MR) is 80.3 cm³/mol. The van der Waals surface area contributed by atoms with Gasteiger partial charge in [0, 0.05) is 12.0 Å². The number of carbonyl (C=O) groups excluding carboxylic acids is 1. The molecule has 0 spiro atoms. The highest BCUT2D eigenvalue weighted by Crippen LogP contribution is 2.16. The number of amides is 1. The first-order valence-electron chi connectivity index (χ1n) is 7.05. The molecular formula is C14H25N5O. The van der Waals surface area contributed by atoms with Crippen molar-refractivity contribution in [1.29, 1.82) is 0 Å². The molecule has 2 unspecified atom stereocenters. The Morgan fingerprint density at radius 1 is 1.35 bits per heavy atom. The Balaban J connectivity index is 2.98. The van der Waals surface area contributed by atoms with E-state index in [4.69, 9.17) is 5.84 Å². The van der Waals surface area contributed by atoms with E-state index in [1.165, 1.54) is 0 Å². The second-order valence-corrected chi connectivity index (χ2v) is 5.44. The molecular weight excluding hydrogens is 254 g/mol. The first-order valence-corrected chi connectivity index (χ1v) is 7.05. The number of nitrogen functional groups attached to an aromatic ring is 1. The molecule has 2 atom stereocenters. The molecule has 1 rings (SSSR count). The zero-order valence-electron chi connectivity index (χ0n) is 12.9. The molecule has 0 aliphatic carbocycles. The standard InChI is InChI=1S/C14H25N5O/c1-6-9(4)10(5)17-14(20)12-11(19-15)7-16-13(18-12)8(2)3/h7-10,19H,6,15H2,1-5H3,(H,17,20). The molecule has 20 heavy (non-hydrogen) atoms. The number of rotatable bonds is 6. The number of hydrazine groups is 1. The van der Waals surface area contributed by atoms with Gasteiger partial charge in [0.05, 0.1) is 11.9 Å². The smallest absolute Gasteiger partial charge is 0.272 e. The Morgan fingerprint density at radius 2 is 2.00 bits per heavy atom. The minimum Gasteiger partial charge on any atom is -0.348 e. The summed E-state index contributed by atoms with van der Waals surface area (Å²) in [5.41, 5.74) is 3.20. The zero-order valence-corrected chi connectivity index (χ0v) is 12.9. The Hall–Kier alpha value is -1.69. The Morgan fingerprint density at radius 3 is 2.50 bits per heavy atom. The summed E-state index contributed by atoms with van der Waals surface area (Å²) in [6, 6.07) is 0.0792. The third-order valence-electron chi connectivity index (χ3n) is 3.55. The largest absolute Gasteiger partial charge is 0.348 e. The molecule has 0 aromatic carbocycles. The summed E-state index contributed by atoms with van der Waals surface area (Å²) in [7, 11) is 0. The number of nitrogens with two attached hydrogens (primary N) is 1.